The van der Waals surface area contributed by atoms with E-state index in [9.17, 15) is 4.79 Å². The monoisotopic (exact) mass is 328 g/mol. The summed E-state index contributed by atoms with van der Waals surface area (Å²) in [6, 6.07) is 5.36. The van der Waals surface area contributed by atoms with Crippen molar-refractivity contribution >= 4 is 40.4 Å². The molecule has 2 aromatic rings. The molecule has 1 aromatic heterocycles. The summed E-state index contributed by atoms with van der Waals surface area (Å²) >= 11 is 7.45. The van der Waals surface area contributed by atoms with E-state index >= 15 is 0 Å². The summed E-state index contributed by atoms with van der Waals surface area (Å²) in [5.74, 6) is 0.660. The molecule has 0 aliphatic rings. The lowest BCUT2D eigenvalue weighted by Gasteiger charge is -2.19. The van der Waals surface area contributed by atoms with Crippen LogP contribution in [0.25, 0.3) is 11.0 Å². The second-order valence-corrected chi connectivity index (χ2v) is 6.93. The van der Waals surface area contributed by atoms with Gasteiger partial charge in [-0.15, -0.1) is 11.8 Å². The van der Waals surface area contributed by atoms with Crippen molar-refractivity contribution in [3.8, 4) is 0 Å². The lowest BCUT2D eigenvalue weighted by molar-refractivity contribution is 0.0531. The highest BCUT2D eigenvalue weighted by atomic mass is 35.5. The molecule has 1 amide bonds. The summed E-state index contributed by atoms with van der Waals surface area (Å²) in [5, 5.41) is 8.97. The Kier molecular flexibility index (Phi) is 5.00. The highest BCUT2D eigenvalue weighted by Crippen LogP contribution is 2.29. The fraction of sp³-hybridized carbons (Fsp3) is 0.429. The van der Waals surface area contributed by atoms with Crippen molar-refractivity contribution in [3.05, 3.63) is 23.2 Å². The van der Waals surface area contributed by atoms with Crippen LogP contribution in [0.1, 0.15) is 20.8 Å². The summed E-state index contributed by atoms with van der Waals surface area (Å²) < 4.78 is 10.4. The normalized spacial score (nSPS) is 11.6. The second-order valence-electron chi connectivity index (χ2n) is 5.41. The number of aromatic nitrogens is 1. The number of nitrogens with one attached hydrogen (secondary N) is 1. The van der Waals surface area contributed by atoms with E-state index in [0.717, 1.165) is 10.4 Å². The van der Waals surface area contributed by atoms with E-state index in [0.29, 0.717) is 22.9 Å². The number of carbonyl (C=O) groups excluding carboxylic acids is 1. The van der Waals surface area contributed by atoms with Crippen LogP contribution in [-0.2, 0) is 4.74 Å². The Hall–Kier alpha value is -1.40. The Morgan fingerprint density at radius 2 is 2.24 bits per heavy atom. The summed E-state index contributed by atoms with van der Waals surface area (Å²) in [7, 11) is 0. The van der Waals surface area contributed by atoms with E-state index in [1.54, 1.807) is 12.1 Å². The zero-order valence-corrected chi connectivity index (χ0v) is 13.7. The lowest BCUT2D eigenvalue weighted by atomic mass is 10.2. The number of benzene rings is 1. The maximum Gasteiger partial charge on any atom is 0.407 e. The van der Waals surface area contributed by atoms with E-state index in [2.05, 4.69) is 10.5 Å². The predicted molar refractivity (Wildman–Crippen MR) is 84.0 cm³/mol. The first kappa shape index (κ1) is 16.0. The number of amides is 1. The van der Waals surface area contributed by atoms with Crippen LogP contribution in [0.4, 0.5) is 4.79 Å². The van der Waals surface area contributed by atoms with Crippen LogP contribution >= 0.6 is 23.4 Å². The zero-order valence-electron chi connectivity index (χ0n) is 12.1. The molecule has 0 bridgehead atoms. The highest BCUT2D eigenvalue weighted by Gasteiger charge is 2.15. The van der Waals surface area contributed by atoms with E-state index in [1.807, 2.05) is 26.8 Å². The van der Waals surface area contributed by atoms with Crippen molar-refractivity contribution < 1.29 is 14.1 Å². The minimum atomic E-state index is -0.490. The van der Waals surface area contributed by atoms with E-state index < -0.39 is 11.7 Å². The minimum absolute atomic E-state index is 0.420. The van der Waals surface area contributed by atoms with Crippen LogP contribution in [0, 0.1) is 0 Å². The van der Waals surface area contributed by atoms with Crippen molar-refractivity contribution in [2.24, 2.45) is 0 Å². The number of fused-ring (bicyclic) bond motifs is 1. The second kappa shape index (κ2) is 6.58. The number of thioether (sulfide) groups is 1. The molecule has 2 rings (SSSR count). The number of alkyl carbamates (subject to hydrolysis) is 1. The number of hydrogen-bond donors (Lipinski definition) is 1. The van der Waals surface area contributed by atoms with Gasteiger partial charge in [-0.25, -0.2) is 4.79 Å². The standard InChI is InChI=1S/C14H17ClN2O3S/c1-14(2,3)19-13(18)16-6-7-21-12-10-8-9(15)4-5-11(10)20-17-12/h4-5,8H,6-7H2,1-3H3,(H,16,18). The topological polar surface area (TPSA) is 64.4 Å². The van der Waals surface area contributed by atoms with Gasteiger partial charge in [0.05, 0.1) is 5.39 Å². The van der Waals surface area contributed by atoms with Gasteiger partial charge in [0.25, 0.3) is 0 Å². The largest absolute Gasteiger partial charge is 0.444 e. The van der Waals surface area contributed by atoms with Crippen molar-refractivity contribution in [1.82, 2.24) is 10.5 Å². The number of halogens is 1. The van der Waals surface area contributed by atoms with Gasteiger partial charge in [0.2, 0.25) is 0 Å². The first-order valence-electron chi connectivity index (χ1n) is 6.50. The van der Waals surface area contributed by atoms with Gasteiger partial charge in [0.1, 0.15) is 10.6 Å². The van der Waals surface area contributed by atoms with Gasteiger partial charge >= 0.3 is 6.09 Å². The zero-order chi connectivity index (χ0) is 15.5. The van der Waals surface area contributed by atoms with Crippen LogP contribution in [0.5, 0.6) is 0 Å². The number of nitrogens with zero attached hydrogens (tertiary/aromatic N) is 1. The summed E-state index contributed by atoms with van der Waals surface area (Å²) in [4.78, 5) is 11.5. The molecule has 5 nitrogen and oxygen atoms in total. The Bertz CT molecular complexity index is 637. The van der Waals surface area contributed by atoms with Crippen LogP contribution in [0.2, 0.25) is 5.02 Å². The number of carbonyl (C=O) groups is 1. The van der Waals surface area contributed by atoms with Gasteiger partial charge in [-0.05, 0) is 39.0 Å². The molecule has 0 atom stereocenters. The molecule has 7 heteroatoms. The van der Waals surface area contributed by atoms with E-state index in [4.69, 9.17) is 20.9 Å². The molecular weight excluding hydrogens is 312 g/mol. The van der Waals surface area contributed by atoms with E-state index in [-0.39, 0.29) is 0 Å². The van der Waals surface area contributed by atoms with Gasteiger partial charge in [0.15, 0.2) is 5.58 Å². The Morgan fingerprint density at radius 3 is 2.95 bits per heavy atom. The van der Waals surface area contributed by atoms with Crippen molar-refractivity contribution in [1.29, 1.82) is 0 Å². The maximum absolute atomic E-state index is 11.5. The average Bonchev–Trinajstić information content (AvgIpc) is 2.75. The molecule has 0 saturated carbocycles. The maximum atomic E-state index is 11.5. The van der Waals surface area contributed by atoms with Gasteiger partial charge < -0.3 is 14.6 Å². The van der Waals surface area contributed by atoms with Crippen molar-refractivity contribution in [3.63, 3.8) is 0 Å². The number of hydrogen-bond acceptors (Lipinski definition) is 5. The Balaban J connectivity index is 1.83. The summed E-state index contributed by atoms with van der Waals surface area (Å²) in [6.45, 7) is 5.96. The SMILES string of the molecule is CC(C)(C)OC(=O)NCCSc1noc2ccc(Cl)cc12. The number of rotatable bonds is 4. The Labute approximate surface area is 132 Å². The summed E-state index contributed by atoms with van der Waals surface area (Å²) in [6.07, 6.45) is -0.420. The third-order valence-electron chi connectivity index (χ3n) is 2.41. The third kappa shape index (κ3) is 4.82. The molecule has 0 radical (unpaired) electrons. The first-order valence-corrected chi connectivity index (χ1v) is 7.86. The third-order valence-corrected chi connectivity index (χ3v) is 3.62. The minimum Gasteiger partial charge on any atom is -0.444 e. The first-order chi connectivity index (χ1) is 9.85. The molecule has 1 aromatic carbocycles. The number of ether oxygens (including phenoxy) is 1. The fourth-order valence-electron chi connectivity index (χ4n) is 1.61. The lowest BCUT2D eigenvalue weighted by Crippen LogP contribution is -2.33. The quantitative estimate of drug-likeness (QED) is 0.676. The average molecular weight is 329 g/mol. The van der Waals surface area contributed by atoms with Crippen LogP contribution < -0.4 is 5.32 Å². The molecule has 114 valence electrons. The molecule has 0 aliphatic carbocycles. The predicted octanol–water partition coefficient (Wildman–Crippen LogP) is 4.10. The molecule has 0 fully saturated rings. The highest BCUT2D eigenvalue weighted by molar-refractivity contribution is 7.99. The molecule has 0 unspecified atom stereocenters. The van der Waals surface area contributed by atoms with Crippen LogP contribution in [0.3, 0.4) is 0 Å². The van der Waals surface area contributed by atoms with Gasteiger partial charge in [-0.1, -0.05) is 16.8 Å². The molecule has 1 heterocycles. The molecule has 0 saturated heterocycles. The van der Waals surface area contributed by atoms with E-state index in [1.165, 1.54) is 11.8 Å². The van der Waals surface area contributed by atoms with Gasteiger partial charge in [-0.3, -0.25) is 0 Å². The molecular formula is C14H17ClN2O3S. The fourth-order valence-corrected chi connectivity index (χ4v) is 2.58. The van der Waals surface area contributed by atoms with Gasteiger partial charge in [-0.2, -0.15) is 0 Å². The van der Waals surface area contributed by atoms with Gasteiger partial charge in [0, 0.05) is 17.3 Å². The summed E-state index contributed by atoms with van der Waals surface area (Å²) in [5.41, 5.74) is 0.207. The molecule has 1 N–H and O–H groups in total. The molecule has 0 spiro atoms. The van der Waals surface area contributed by atoms with Crippen molar-refractivity contribution in [2.45, 2.75) is 31.4 Å². The van der Waals surface area contributed by atoms with Crippen LogP contribution in [-0.4, -0.2) is 29.1 Å². The molecule has 0 aliphatic heterocycles. The molecule has 21 heavy (non-hydrogen) atoms. The van der Waals surface area contributed by atoms with Crippen LogP contribution in [0.15, 0.2) is 27.7 Å². The smallest absolute Gasteiger partial charge is 0.407 e. The van der Waals surface area contributed by atoms with Crippen molar-refractivity contribution in [2.75, 3.05) is 12.3 Å². The Morgan fingerprint density at radius 1 is 1.48 bits per heavy atom.